The smallest absolute Gasteiger partial charge is 0.221 e. The molecule has 1 aliphatic carbocycles. The van der Waals surface area contributed by atoms with E-state index in [0.29, 0.717) is 18.0 Å². The number of hydrogen-bond donors (Lipinski definition) is 1. The monoisotopic (exact) mass is 557 g/mol. The second-order valence-corrected chi connectivity index (χ2v) is 12.5. The van der Waals surface area contributed by atoms with Crippen LogP contribution in [0.4, 0.5) is 11.5 Å². The molecule has 2 amide bonds. The van der Waals surface area contributed by atoms with E-state index in [0.717, 1.165) is 48.0 Å². The van der Waals surface area contributed by atoms with Crippen LogP contribution in [0.25, 0.3) is 10.9 Å². The Balaban J connectivity index is 0.999. The van der Waals surface area contributed by atoms with Gasteiger partial charge in [-0.05, 0) is 100 Å². The lowest BCUT2D eigenvalue weighted by molar-refractivity contribution is -0.120. The normalized spacial score (nSPS) is 19.8. The van der Waals surface area contributed by atoms with E-state index < -0.39 is 0 Å². The van der Waals surface area contributed by atoms with Gasteiger partial charge in [0.15, 0.2) is 5.82 Å². The number of carbonyl (C=O) groups excluding carboxylic acids is 2. The van der Waals surface area contributed by atoms with E-state index in [1.807, 2.05) is 19.1 Å². The van der Waals surface area contributed by atoms with Gasteiger partial charge in [-0.25, -0.2) is 0 Å². The average Bonchev–Trinajstić information content (AvgIpc) is 3.42. The lowest BCUT2D eigenvalue weighted by Crippen LogP contribution is -2.49. The molecule has 0 atom stereocenters. The summed E-state index contributed by atoms with van der Waals surface area (Å²) in [4.78, 5) is 30.4. The average molecular weight is 558 g/mol. The molecule has 3 fully saturated rings. The zero-order chi connectivity index (χ0) is 28.4. The van der Waals surface area contributed by atoms with Crippen molar-refractivity contribution in [2.45, 2.75) is 57.9 Å². The molecule has 1 spiro atoms. The predicted molar refractivity (Wildman–Crippen MR) is 162 cm³/mol. The molecule has 3 aliphatic rings. The van der Waals surface area contributed by atoms with Crippen LogP contribution in [0.2, 0.25) is 0 Å². The van der Waals surface area contributed by atoms with Crippen LogP contribution < -0.4 is 15.1 Å². The number of rotatable bonds is 9. The molecule has 1 N–H and O–H groups in total. The molecule has 0 bridgehead atoms. The third-order valence-electron chi connectivity index (χ3n) is 9.92. The first kappa shape index (κ1) is 27.7. The quantitative estimate of drug-likeness (QED) is 0.398. The number of nitrogens with one attached hydrogen (secondary N) is 1. The molecule has 9 heteroatoms. The number of anilines is 2. The fraction of sp³-hybridized carbons (Fsp3) is 0.562. The zero-order valence-electron chi connectivity index (χ0n) is 24.5. The highest BCUT2D eigenvalue weighted by molar-refractivity contribution is 5.97. The first-order valence-corrected chi connectivity index (χ1v) is 15.3. The Morgan fingerprint density at radius 3 is 2.54 bits per heavy atom. The molecule has 2 aliphatic heterocycles. The van der Waals surface area contributed by atoms with Gasteiger partial charge in [0.2, 0.25) is 12.3 Å². The molecule has 2 saturated heterocycles. The molecule has 1 aromatic carbocycles. The summed E-state index contributed by atoms with van der Waals surface area (Å²) in [6.45, 7) is 8.17. The first-order valence-electron chi connectivity index (χ1n) is 15.3. The second-order valence-electron chi connectivity index (χ2n) is 12.5. The summed E-state index contributed by atoms with van der Waals surface area (Å²) >= 11 is 0. The van der Waals surface area contributed by atoms with Crippen LogP contribution in [-0.2, 0) is 9.59 Å². The van der Waals surface area contributed by atoms with Gasteiger partial charge in [0.1, 0.15) is 0 Å². The van der Waals surface area contributed by atoms with Crippen molar-refractivity contribution in [2.75, 3.05) is 56.1 Å². The second kappa shape index (κ2) is 11.8. The number of aromatic nitrogens is 3. The number of fused-ring (bicyclic) bond motifs is 1. The summed E-state index contributed by atoms with van der Waals surface area (Å²) in [6, 6.07) is 13.0. The maximum absolute atomic E-state index is 11.9. The van der Waals surface area contributed by atoms with E-state index in [9.17, 15) is 9.59 Å². The first-order chi connectivity index (χ1) is 20.0. The SMILES string of the molecule is CNC(=O)CCN(C=O)c1cccc2c1ccn2C1CC2(CCN(CC3CCN(c4ccc(C)nn4)CC3)CC2)C1. The summed E-state index contributed by atoms with van der Waals surface area (Å²) in [5.41, 5.74) is 3.50. The molecule has 0 radical (unpaired) electrons. The Bertz CT molecular complexity index is 1350. The minimum atomic E-state index is -0.0637. The number of hydrogen-bond acceptors (Lipinski definition) is 6. The summed E-state index contributed by atoms with van der Waals surface area (Å²) in [7, 11) is 1.62. The molecular formula is C32H43N7O2. The number of amides is 2. The number of benzene rings is 1. The van der Waals surface area contributed by atoms with Crippen molar-refractivity contribution < 1.29 is 9.59 Å². The van der Waals surface area contributed by atoms with Gasteiger partial charge < -0.3 is 24.6 Å². The minimum Gasteiger partial charge on any atom is -0.359 e. The minimum absolute atomic E-state index is 0.0637. The molecule has 1 saturated carbocycles. The molecule has 4 heterocycles. The fourth-order valence-corrected chi connectivity index (χ4v) is 7.34. The van der Waals surface area contributed by atoms with Crippen LogP contribution in [0.15, 0.2) is 42.6 Å². The van der Waals surface area contributed by atoms with Gasteiger partial charge in [-0.15, -0.1) is 5.10 Å². The van der Waals surface area contributed by atoms with Crippen molar-refractivity contribution in [1.82, 2.24) is 25.0 Å². The topological polar surface area (TPSA) is 86.6 Å². The van der Waals surface area contributed by atoms with Crippen LogP contribution in [0, 0.1) is 18.3 Å². The van der Waals surface area contributed by atoms with Gasteiger partial charge in [-0.3, -0.25) is 9.59 Å². The fourth-order valence-electron chi connectivity index (χ4n) is 7.34. The van der Waals surface area contributed by atoms with Crippen LogP contribution in [0.5, 0.6) is 0 Å². The number of likely N-dealkylation sites (tertiary alicyclic amines) is 1. The molecule has 6 rings (SSSR count). The third-order valence-corrected chi connectivity index (χ3v) is 9.92. The Hall–Kier alpha value is -3.46. The van der Waals surface area contributed by atoms with E-state index >= 15 is 0 Å². The van der Waals surface area contributed by atoms with Crippen LogP contribution >= 0.6 is 0 Å². The van der Waals surface area contributed by atoms with Gasteiger partial charge in [-0.2, -0.15) is 5.10 Å². The Labute approximate surface area is 242 Å². The van der Waals surface area contributed by atoms with Crippen molar-refractivity contribution in [2.24, 2.45) is 11.3 Å². The number of nitrogens with zero attached hydrogens (tertiary/aromatic N) is 6. The number of piperidine rings is 2. The summed E-state index contributed by atoms with van der Waals surface area (Å²) in [5, 5.41) is 12.3. The Kier molecular flexibility index (Phi) is 7.97. The van der Waals surface area contributed by atoms with Crippen LogP contribution in [-0.4, -0.2) is 78.3 Å². The molecule has 0 unspecified atom stereocenters. The highest BCUT2D eigenvalue weighted by atomic mass is 16.2. The third kappa shape index (κ3) is 5.82. The lowest BCUT2D eigenvalue weighted by atomic mass is 9.60. The van der Waals surface area contributed by atoms with Crippen molar-refractivity contribution in [3.8, 4) is 0 Å². The van der Waals surface area contributed by atoms with Gasteiger partial charge >= 0.3 is 0 Å². The molecule has 218 valence electrons. The number of carbonyl (C=O) groups is 2. The molecule has 41 heavy (non-hydrogen) atoms. The van der Waals surface area contributed by atoms with E-state index in [1.165, 1.54) is 63.7 Å². The molecule has 2 aromatic heterocycles. The van der Waals surface area contributed by atoms with E-state index in [1.54, 1.807) is 11.9 Å². The Morgan fingerprint density at radius 2 is 1.85 bits per heavy atom. The highest BCUT2D eigenvalue weighted by Gasteiger charge is 2.46. The van der Waals surface area contributed by atoms with Gasteiger partial charge in [-0.1, -0.05) is 6.07 Å². The maximum atomic E-state index is 11.9. The largest absolute Gasteiger partial charge is 0.359 e. The van der Waals surface area contributed by atoms with Crippen molar-refractivity contribution >= 4 is 34.7 Å². The van der Waals surface area contributed by atoms with E-state index in [2.05, 4.69) is 60.3 Å². The zero-order valence-corrected chi connectivity index (χ0v) is 24.5. The Morgan fingerprint density at radius 1 is 1.07 bits per heavy atom. The highest BCUT2D eigenvalue weighted by Crippen LogP contribution is 2.55. The van der Waals surface area contributed by atoms with Crippen molar-refractivity contribution in [3.63, 3.8) is 0 Å². The van der Waals surface area contributed by atoms with Gasteiger partial charge in [0.05, 0.1) is 16.9 Å². The van der Waals surface area contributed by atoms with Crippen molar-refractivity contribution in [1.29, 1.82) is 0 Å². The molecular weight excluding hydrogens is 514 g/mol. The van der Waals surface area contributed by atoms with Crippen LogP contribution in [0.1, 0.15) is 56.7 Å². The number of aryl methyl sites for hydroxylation is 1. The maximum Gasteiger partial charge on any atom is 0.221 e. The van der Waals surface area contributed by atoms with Gasteiger partial charge in [0.25, 0.3) is 0 Å². The summed E-state index contributed by atoms with van der Waals surface area (Å²) in [6.07, 6.45) is 10.8. The summed E-state index contributed by atoms with van der Waals surface area (Å²) < 4.78 is 2.42. The predicted octanol–water partition coefficient (Wildman–Crippen LogP) is 4.17. The van der Waals surface area contributed by atoms with Crippen molar-refractivity contribution in [3.05, 3.63) is 48.3 Å². The standard InChI is InChI=1S/C32H43N7O2/c1-24-6-7-30(35-34-24)37-14-8-25(9-15-37)22-36-18-12-32(13-19-36)20-26(21-32)39-17-10-27-28(4-3-5-29(27)39)38(23-40)16-11-31(41)33-2/h3-7,10,17,23,25-26H,8-9,11-16,18-22H2,1-2H3,(H,33,41). The van der Waals surface area contributed by atoms with Crippen LogP contribution in [0.3, 0.4) is 0 Å². The lowest BCUT2D eigenvalue weighted by Gasteiger charge is -2.53. The van der Waals surface area contributed by atoms with E-state index in [-0.39, 0.29) is 12.3 Å². The van der Waals surface area contributed by atoms with Gasteiger partial charge in [0, 0.05) is 57.3 Å². The molecule has 3 aromatic rings. The summed E-state index contributed by atoms with van der Waals surface area (Å²) in [5.74, 6) is 1.73. The molecule has 9 nitrogen and oxygen atoms in total. The van der Waals surface area contributed by atoms with E-state index in [4.69, 9.17) is 0 Å².